The van der Waals surface area contributed by atoms with Crippen LogP contribution in [0.1, 0.15) is 11.1 Å². The second-order valence-electron chi connectivity index (χ2n) is 7.14. The Morgan fingerprint density at radius 3 is 2.09 bits per heavy atom. The highest BCUT2D eigenvalue weighted by atomic mass is 35.5. The SMILES string of the molecule is CNC(=O)C(Cc1ccccc1)N(Cc1c(Cl)cccc1Cl)C(=O)COc1ccccc1. The van der Waals surface area contributed by atoms with E-state index in [9.17, 15) is 9.59 Å². The molecular weight excluding hydrogens is 447 g/mol. The van der Waals surface area contributed by atoms with E-state index < -0.39 is 6.04 Å². The van der Waals surface area contributed by atoms with E-state index in [1.807, 2.05) is 48.5 Å². The molecule has 7 heteroatoms. The first-order valence-corrected chi connectivity index (χ1v) is 10.9. The third kappa shape index (κ3) is 6.25. The number of benzene rings is 3. The zero-order valence-electron chi connectivity index (χ0n) is 17.6. The van der Waals surface area contributed by atoms with Crippen LogP contribution in [0.15, 0.2) is 78.9 Å². The van der Waals surface area contributed by atoms with Crippen molar-refractivity contribution in [1.82, 2.24) is 10.2 Å². The van der Waals surface area contributed by atoms with Crippen molar-refractivity contribution >= 4 is 35.0 Å². The number of ether oxygens (including phenoxy) is 1. The Bertz CT molecular complexity index is 1030. The molecule has 3 aromatic rings. The van der Waals surface area contributed by atoms with Gasteiger partial charge in [-0.1, -0.05) is 77.8 Å². The number of rotatable bonds is 9. The van der Waals surface area contributed by atoms with Gasteiger partial charge in [0.05, 0.1) is 0 Å². The number of halogens is 2. The summed E-state index contributed by atoms with van der Waals surface area (Å²) in [7, 11) is 1.55. The molecule has 0 saturated heterocycles. The summed E-state index contributed by atoms with van der Waals surface area (Å²) in [5.41, 5.74) is 1.50. The van der Waals surface area contributed by atoms with Gasteiger partial charge in [-0.15, -0.1) is 0 Å². The van der Waals surface area contributed by atoms with Crippen LogP contribution in [0.5, 0.6) is 5.75 Å². The molecular formula is C25H24Cl2N2O3. The third-order valence-electron chi connectivity index (χ3n) is 5.01. The van der Waals surface area contributed by atoms with E-state index in [0.29, 0.717) is 27.8 Å². The van der Waals surface area contributed by atoms with Gasteiger partial charge in [0.2, 0.25) is 5.91 Å². The maximum Gasteiger partial charge on any atom is 0.261 e. The standard InChI is InChI=1S/C25H24Cl2N2O3/c1-28-25(31)23(15-18-9-4-2-5-10-18)29(16-20-21(26)13-8-14-22(20)27)24(30)17-32-19-11-6-3-7-12-19/h2-14,23H,15-17H2,1H3,(H,28,31). The zero-order valence-corrected chi connectivity index (χ0v) is 19.1. The second kappa shape index (κ2) is 11.6. The summed E-state index contributed by atoms with van der Waals surface area (Å²) in [4.78, 5) is 27.7. The quantitative estimate of drug-likeness (QED) is 0.490. The van der Waals surface area contributed by atoms with Gasteiger partial charge in [0.1, 0.15) is 11.8 Å². The Labute approximate surface area is 197 Å². The molecule has 0 spiro atoms. The van der Waals surface area contributed by atoms with Crippen LogP contribution < -0.4 is 10.1 Å². The van der Waals surface area contributed by atoms with E-state index in [-0.39, 0.29) is 25.0 Å². The van der Waals surface area contributed by atoms with Gasteiger partial charge in [0.25, 0.3) is 5.91 Å². The average Bonchev–Trinajstić information content (AvgIpc) is 2.82. The largest absolute Gasteiger partial charge is 0.484 e. The molecule has 3 rings (SSSR count). The predicted octanol–water partition coefficient (Wildman–Crippen LogP) is 4.76. The molecule has 0 radical (unpaired) electrons. The number of amides is 2. The minimum Gasteiger partial charge on any atom is -0.484 e. The topological polar surface area (TPSA) is 58.6 Å². The van der Waals surface area contributed by atoms with E-state index in [0.717, 1.165) is 5.56 Å². The molecule has 1 N–H and O–H groups in total. The normalized spacial score (nSPS) is 11.5. The highest BCUT2D eigenvalue weighted by molar-refractivity contribution is 6.36. The van der Waals surface area contributed by atoms with Crippen molar-refractivity contribution in [2.24, 2.45) is 0 Å². The number of nitrogens with zero attached hydrogens (tertiary/aromatic N) is 1. The lowest BCUT2D eigenvalue weighted by Crippen LogP contribution is -2.51. The van der Waals surface area contributed by atoms with E-state index in [4.69, 9.17) is 27.9 Å². The van der Waals surface area contributed by atoms with Crippen molar-refractivity contribution in [3.8, 4) is 5.75 Å². The van der Waals surface area contributed by atoms with Crippen molar-refractivity contribution < 1.29 is 14.3 Å². The molecule has 2 amide bonds. The van der Waals surface area contributed by atoms with Crippen molar-refractivity contribution in [3.63, 3.8) is 0 Å². The fourth-order valence-electron chi connectivity index (χ4n) is 3.32. The molecule has 0 heterocycles. The number of nitrogens with one attached hydrogen (secondary N) is 1. The molecule has 0 aliphatic rings. The van der Waals surface area contributed by atoms with Crippen molar-refractivity contribution in [1.29, 1.82) is 0 Å². The summed E-state index contributed by atoms with van der Waals surface area (Å²) >= 11 is 12.8. The third-order valence-corrected chi connectivity index (χ3v) is 5.72. The fourth-order valence-corrected chi connectivity index (χ4v) is 3.84. The van der Waals surface area contributed by atoms with Crippen LogP contribution in [0.4, 0.5) is 0 Å². The molecule has 166 valence electrons. The summed E-state index contributed by atoms with van der Waals surface area (Å²) in [5.74, 6) is -0.0735. The monoisotopic (exact) mass is 470 g/mol. The Balaban J connectivity index is 1.92. The number of carbonyl (C=O) groups excluding carboxylic acids is 2. The second-order valence-corrected chi connectivity index (χ2v) is 7.96. The maximum absolute atomic E-state index is 13.3. The number of hydrogen-bond donors (Lipinski definition) is 1. The van der Waals surface area contributed by atoms with Crippen LogP contribution in [0.25, 0.3) is 0 Å². The first-order valence-electron chi connectivity index (χ1n) is 10.2. The van der Waals surface area contributed by atoms with Crippen LogP contribution in [0.3, 0.4) is 0 Å². The molecule has 0 aromatic heterocycles. The van der Waals surface area contributed by atoms with E-state index in [1.54, 1.807) is 37.4 Å². The summed E-state index contributed by atoms with van der Waals surface area (Å²) in [6.07, 6.45) is 0.333. The minimum absolute atomic E-state index is 0.0699. The Kier molecular flexibility index (Phi) is 8.54. The van der Waals surface area contributed by atoms with Gasteiger partial charge in [0, 0.05) is 35.6 Å². The highest BCUT2D eigenvalue weighted by Crippen LogP contribution is 2.27. The Morgan fingerprint density at radius 2 is 1.50 bits per heavy atom. The highest BCUT2D eigenvalue weighted by Gasteiger charge is 2.31. The fraction of sp³-hybridized carbons (Fsp3) is 0.200. The van der Waals surface area contributed by atoms with Gasteiger partial charge in [-0.2, -0.15) is 0 Å². The molecule has 1 atom stereocenters. The van der Waals surface area contributed by atoms with Crippen molar-refractivity contribution in [2.75, 3.05) is 13.7 Å². The smallest absolute Gasteiger partial charge is 0.261 e. The summed E-state index contributed by atoms with van der Waals surface area (Å²) in [6.45, 7) is -0.158. The Hall–Kier alpha value is -3.02. The lowest BCUT2D eigenvalue weighted by atomic mass is 10.0. The maximum atomic E-state index is 13.3. The first kappa shape index (κ1) is 23.6. The minimum atomic E-state index is -0.776. The number of para-hydroxylation sites is 1. The Morgan fingerprint density at radius 1 is 0.906 bits per heavy atom. The average molecular weight is 471 g/mol. The molecule has 0 saturated carbocycles. The first-order chi connectivity index (χ1) is 15.5. The number of hydrogen-bond acceptors (Lipinski definition) is 3. The zero-order chi connectivity index (χ0) is 22.9. The van der Waals surface area contributed by atoms with Crippen molar-refractivity contribution in [3.05, 3.63) is 100 Å². The summed E-state index contributed by atoms with van der Waals surface area (Å²) < 4.78 is 5.67. The molecule has 0 bridgehead atoms. The summed E-state index contributed by atoms with van der Waals surface area (Å²) in [5, 5.41) is 3.52. The van der Waals surface area contributed by atoms with Crippen molar-refractivity contribution in [2.45, 2.75) is 19.0 Å². The van der Waals surface area contributed by atoms with Gasteiger partial charge >= 0.3 is 0 Å². The molecule has 3 aromatic carbocycles. The molecule has 0 aliphatic carbocycles. The predicted molar refractivity (Wildman–Crippen MR) is 127 cm³/mol. The molecule has 1 unspecified atom stereocenters. The van der Waals surface area contributed by atoms with Crippen LogP contribution in [-0.4, -0.2) is 36.4 Å². The van der Waals surface area contributed by atoms with Gasteiger partial charge < -0.3 is 15.0 Å². The molecule has 32 heavy (non-hydrogen) atoms. The number of carbonyl (C=O) groups is 2. The van der Waals surface area contributed by atoms with Gasteiger partial charge in [-0.25, -0.2) is 0 Å². The van der Waals surface area contributed by atoms with Crippen LogP contribution in [0, 0.1) is 0 Å². The summed E-state index contributed by atoms with van der Waals surface area (Å²) in [6, 6.07) is 22.9. The van der Waals surface area contributed by atoms with Crippen LogP contribution >= 0.6 is 23.2 Å². The van der Waals surface area contributed by atoms with Crippen LogP contribution in [-0.2, 0) is 22.6 Å². The van der Waals surface area contributed by atoms with Gasteiger partial charge in [0.15, 0.2) is 6.61 Å². The lowest BCUT2D eigenvalue weighted by molar-refractivity contribution is -0.142. The number of likely N-dealkylation sites (N-methyl/N-ethyl adjacent to an activating group) is 1. The molecule has 5 nitrogen and oxygen atoms in total. The van der Waals surface area contributed by atoms with Gasteiger partial charge in [-0.3, -0.25) is 9.59 Å². The van der Waals surface area contributed by atoms with E-state index >= 15 is 0 Å². The molecule has 0 aliphatic heterocycles. The lowest BCUT2D eigenvalue weighted by Gasteiger charge is -2.31. The molecule has 0 fully saturated rings. The van der Waals surface area contributed by atoms with E-state index in [1.165, 1.54) is 4.90 Å². The van der Waals surface area contributed by atoms with E-state index in [2.05, 4.69) is 5.32 Å². The van der Waals surface area contributed by atoms with Crippen LogP contribution in [0.2, 0.25) is 10.0 Å². The van der Waals surface area contributed by atoms with Gasteiger partial charge in [-0.05, 0) is 29.8 Å².